The maximum Gasteiger partial charge on any atom is 0.343 e. The van der Waals surface area contributed by atoms with Gasteiger partial charge in [0.1, 0.15) is 23.7 Å². The van der Waals surface area contributed by atoms with E-state index < -0.39 is 23.8 Å². The van der Waals surface area contributed by atoms with Crippen LogP contribution in [0.5, 0.6) is 5.75 Å². The van der Waals surface area contributed by atoms with Crippen molar-refractivity contribution in [2.75, 3.05) is 49.1 Å². The van der Waals surface area contributed by atoms with Crippen LogP contribution < -0.4 is 25.2 Å². The molecule has 9 rings (SSSR count). The second-order valence-corrected chi connectivity index (χ2v) is 18.6. The number of nitrogens with one attached hydrogen (secondary N) is 2. The van der Waals surface area contributed by atoms with Gasteiger partial charge >= 0.3 is 6.03 Å². The quantitative estimate of drug-likeness (QED) is 0.283. The molecular formula is C44H48ClN9O6. The number of imide groups is 2. The molecule has 15 nitrogen and oxygen atoms in total. The number of aromatic nitrogens is 1. The largest absolute Gasteiger partial charge is 0.489 e. The molecule has 1 saturated carbocycles. The summed E-state index contributed by atoms with van der Waals surface area (Å²) in [5.41, 5.74) is 1.58. The van der Waals surface area contributed by atoms with E-state index in [2.05, 4.69) is 59.1 Å². The number of fused-ring (bicyclic) bond motifs is 3. The molecule has 16 heteroatoms. The Morgan fingerprint density at radius 1 is 0.950 bits per heavy atom. The molecule has 3 aromatic rings. The Morgan fingerprint density at radius 3 is 2.35 bits per heavy atom. The molecule has 1 aliphatic carbocycles. The number of benzene rings is 2. The number of carbonyl (C=O) groups is 5. The Balaban J connectivity index is 0.747. The zero-order valence-corrected chi connectivity index (χ0v) is 34.9. The number of nitrogens with zero attached hydrogens (tertiary/aromatic N) is 7. The Labute approximate surface area is 353 Å². The van der Waals surface area contributed by atoms with Crippen LogP contribution in [0, 0.1) is 28.1 Å². The number of pyridine rings is 1. The fraction of sp³-hybridized carbons (Fsp3) is 0.477. The third kappa shape index (κ3) is 6.70. The van der Waals surface area contributed by atoms with Gasteiger partial charge in [-0.3, -0.25) is 29.4 Å². The number of halogens is 1. The van der Waals surface area contributed by atoms with Crippen molar-refractivity contribution >= 4 is 52.8 Å². The Bertz CT molecular complexity index is 2320. The van der Waals surface area contributed by atoms with Crippen molar-refractivity contribution in [3.8, 4) is 11.8 Å². The van der Waals surface area contributed by atoms with E-state index in [-0.39, 0.29) is 53.0 Å². The van der Waals surface area contributed by atoms with Crippen LogP contribution in [0.3, 0.4) is 0 Å². The molecule has 2 atom stereocenters. The average Bonchev–Trinajstić information content (AvgIpc) is 3.90. The molecular weight excluding hydrogens is 786 g/mol. The molecule has 2 bridgehead atoms. The lowest BCUT2D eigenvalue weighted by Gasteiger charge is -2.63. The molecule has 4 saturated heterocycles. The summed E-state index contributed by atoms with van der Waals surface area (Å²) < 4.78 is 6.38. The number of nitriles is 1. The third-order valence-corrected chi connectivity index (χ3v) is 14.0. The zero-order valence-electron chi connectivity index (χ0n) is 34.1. The van der Waals surface area contributed by atoms with Gasteiger partial charge in [0.25, 0.3) is 17.7 Å². The number of hydrogen-bond acceptors (Lipinski definition) is 11. The number of rotatable bonds is 9. The number of likely N-dealkylation sites (tertiary alicyclic amines) is 1. The first-order chi connectivity index (χ1) is 28.6. The van der Waals surface area contributed by atoms with Gasteiger partial charge in [-0.15, -0.1) is 0 Å². The molecule has 0 spiro atoms. The number of hydrazine groups is 1. The number of piperidine rings is 1. The minimum Gasteiger partial charge on any atom is -0.489 e. The monoisotopic (exact) mass is 833 g/mol. The minimum atomic E-state index is -0.773. The van der Waals surface area contributed by atoms with Gasteiger partial charge in [0.15, 0.2) is 0 Å². The summed E-state index contributed by atoms with van der Waals surface area (Å²) in [6.45, 7) is 12.9. The van der Waals surface area contributed by atoms with Crippen LogP contribution in [0.4, 0.5) is 16.3 Å². The summed E-state index contributed by atoms with van der Waals surface area (Å²) in [4.78, 5) is 76.0. The second kappa shape index (κ2) is 14.8. The zero-order chi connectivity index (χ0) is 42.2. The summed E-state index contributed by atoms with van der Waals surface area (Å²) in [6, 6.07) is 16.0. The van der Waals surface area contributed by atoms with E-state index in [1.165, 1.54) is 0 Å². The number of piperazine rings is 1. The summed E-state index contributed by atoms with van der Waals surface area (Å²) in [6.07, 6.45) is 4.62. The normalized spacial score (nSPS) is 25.9. The number of amides is 6. The highest BCUT2D eigenvalue weighted by Gasteiger charge is 2.64. The molecule has 6 heterocycles. The smallest absolute Gasteiger partial charge is 0.343 e. The van der Waals surface area contributed by atoms with Gasteiger partial charge in [-0.25, -0.2) is 14.8 Å². The number of hydrogen-bond donors (Lipinski definition) is 2. The predicted octanol–water partition coefficient (Wildman–Crippen LogP) is 4.85. The molecule has 5 fully saturated rings. The third-order valence-electron chi connectivity index (χ3n) is 13.7. The van der Waals surface area contributed by atoms with Crippen molar-refractivity contribution in [2.24, 2.45) is 16.7 Å². The molecule has 6 amide bonds. The van der Waals surface area contributed by atoms with Gasteiger partial charge in [0, 0.05) is 86.1 Å². The van der Waals surface area contributed by atoms with Gasteiger partial charge < -0.3 is 19.9 Å². The van der Waals surface area contributed by atoms with E-state index in [1.807, 2.05) is 18.2 Å². The van der Waals surface area contributed by atoms with Crippen LogP contribution >= 0.6 is 11.6 Å². The summed E-state index contributed by atoms with van der Waals surface area (Å²) in [5, 5.41) is 16.9. The molecule has 0 radical (unpaired) electrons. The van der Waals surface area contributed by atoms with Gasteiger partial charge in [-0.05, 0) is 67.6 Å². The first-order valence-electron chi connectivity index (χ1n) is 20.7. The van der Waals surface area contributed by atoms with Crippen LogP contribution in [0.15, 0.2) is 54.7 Å². The average molecular weight is 834 g/mol. The fourth-order valence-corrected chi connectivity index (χ4v) is 11.1. The maximum absolute atomic E-state index is 13.5. The lowest BCUT2D eigenvalue weighted by molar-refractivity contribution is -0.164. The second-order valence-electron chi connectivity index (χ2n) is 18.2. The topological polar surface area (TPSA) is 172 Å². The van der Waals surface area contributed by atoms with Gasteiger partial charge in [0.05, 0.1) is 33.8 Å². The SMILES string of the molecule is CC1(C)C(NC(=O)c2ccc(N3CCC(CN4C[C@@H]5C[C@H]4CN5c4ccc5c(c4)C(=O)N(N4CCC(=O)NC4=O)C5=O)CC3)nc2)C(C)(C)C1Oc1ccc(C#N)c(Cl)c1. The molecule has 0 unspecified atom stereocenters. The summed E-state index contributed by atoms with van der Waals surface area (Å²) in [5.74, 6) is 0.295. The van der Waals surface area contributed by atoms with Crippen molar-refractivity contribution in [1.82, 2.24) is 30.5 Å². The lowest BCUT2D eigenvalue weighted by atomic mass is 9.49. The highest BCUT2D eigenvalue weighted by atomic mass is 35.5. The summed E-state index contributed by atoms with van der Waals surface area (Å²) in [7, 11) is 0. The van der Waals surface area contributed by atoms with Crippen molar-refractivity contribution in [3.05, 3.63) is 82.0 Å². The van der Waals surface area contributed by atoms with E-state index in [1.54, 1.807) is 36.5 Å². The first kappa shape index (κ1) is 39.7. The molecule has 2 aromatic carbocycles. The highest BCUT2D eigenvalue weighted by Crippen LogP contribution is 2.55. The van der Waals surface area contributed by atoms with Gasteiger partial charge in [-0.2, -0.15) is 10.3 Å². The van der Waals surface area contributed by atoms with Crippen LogP contribution in [-0.4, -0.2) is 113 Å². The maximum atomic E-state index is 13.5. The Hall–Kier alpha value is -5.72. The van der Waals surface area contributed by atoms with E-state index >= 15 is 0 Å². The number of anilines is 2. The van der Waals surface area contributed by atoms with Crippen molar-refractivity contribution in [2.45, 2.75) is 77.6 Å². The standard InChI is InChI=1S/C44H48ClN9O6/c1-43(2)40(44(3,4)41(43)60-31-8-5-26(20-46)34(45)19-31)49-37(56)27-6-10-35(47-21-27)50-14-11-25(12-15-50)22-51-23-30-17-29(51)24-52(30)28-7-9-32-33(18-28)39(58)54(38(32)57)53-16-13-36(55)48-42(53)59/h5-10,18-19,21,25,29-30,40-41H,11-17,22-24H2,1-4H3,(H,49,56)(H,48,55,59)/t29-,30-,40?,41?/m0/s1. The molecule has 1 aromatic heterocycles. The molecule has 312 valence electrons. The Morgan fingerprint density at radius 2 is 1.70 bits per heavy atom. The molecule has 60 heavy (non-hydrogen) atoms. The van der Waals surface area contributed by atoms with E-state index in [0.29, 0.717) is 39.9 Å². The van der Waals surface area contributed by atoms with Crippen LogP contribution in [-0.2, 0) is 4.79 Å². The van der Waals surface area contributed by atoms with Crippen molar-refractivity contribution in [1.29, 1.82) is 5.26 Å². The lowest BCUT2D eigenvalue weighted by Crippen LogP contribution is -2.74. The van der Waals surface area contributed by atoms with Crippen LogP contribution in [0.25, 0.3) is 0 Å². The first-order valence-corrected chi connectivity index (χ1v) is 21.0. The predicted molar refractivity (Wildman–Crippen MR) is 221 cm³/mol. The molecule has 2 N–H and O–H groups in total. The van der Waals surface area contributed by atoms with Crippen molar-refractivity contribution in [3.63, 3.8) is 0 Å². The molecule has 5 aliphatic heterocycles. The Kier molecular flexibility index (Phi) is 9.78. The number of urea groups is 1. The van der Waals surface area contributed by atoms with E-state index in [0.717, 1.165) is 73.5 Å². The van der Waals surface area contributed by atoms with Crippen molar-refractivity contribution < 1.29 is 28.7 Å². The fourth-order valence-electron chi connectivity index (χ4n) is 10.8. The van der Waals surface area contributed by atoms with E-state index in [9.17, 15) is 29.2 Å². The number of carbonyl (C=O) groups excluding carboxylic acids is 5. The van der Waals surface area contributed by atoms with Crippen LogP contribution in [0.1, 0.15) is 90.0 Å². The summed E-state index contributed by atoms with van der Waals surface area (Å²) >= 11 is 6.25. The highest BCUT2D eigenvalue weighted by molar-refractivity contribution is 6.31. The molecule has 6 aliphatic rings. The van der Waals surface area contributed by atoms with Gasteiger partial charge in [0.2, 0.25) is 5.91 Å². The van der Waals surface area contributed by atoms with Crippen LogP contribution in [0.2, 0.25) is 5.02 Å². The van der Waals surface area contributed by atoms with E-state index in [4.69, 9.17) is 21.3 Å². The number of ether oxygens (including phenoxy) is 1. The van der Waals surface area contributed by atoms with Gasteiger partial charge in [-0.1, -0.05) is 39.3 Å². The minimum absolute atomic E-state index is 0.0164.